The Morgan fingerprint density at radius 2 is 1.59 bits per heavy atom. The van der Waals surface area contributed by atoms with Crippen LogP contribution in [-0.4, -0.2) is 41.1 Å². The molecule has 5 nitrogen and oxygen atoms in total. The highest BCUT2D eigenvalue weighted by atomic mass is 19.4. The smallest absolute Gasteiger partial charge is 0.416 e. The minimum Gasteiger partial charge on any atom is -0.453 e. The molecule has 2 heterocycles. The molecule has 2 aromatic carbocycles. The van der Waals surface area contributed by atoms with Crippen LogP contribution in [0.15, 0.2) is 54.7 Å². The van der Waals surface area contributed by atoms with E-state index in [1.807, 2.05) is 35.2 Å². The van der Waals surface area contributed by atoms with Crippen molar-refractivity contribution in [3.05, 3.63) is 77.0 Å². The van der Waals surface area contributed by atoms with Gasteiger partial charge in [0, 0.05) is 30.2 Å². The molecule has 0 saturated carbocycles. The Morgan fingerprint density at radius 1 is 0.973 bits per heavy atom. The van der Waals surface area contributed by atoms with Gasteiger partial charge >= 0.3 is 18.4 Å². The van der Waals surface area contributed by atoms with Crippen LogP contribution < -0.4 is 0 Å². The minimum absolute atomic E-state index is 0.0708. The summed E-state index contributed by atoms with van der Waals surface area (Å²) in [5.41, 5.74) is -1.91. The fourth-order valence-electron chi connectivity index (χ4n) is 4.66. The van der Waals surface area contributed by atoms with Crippen molar-refractivity contribution in [1.82, 2.24) is 14.8 Å². The van der Waals surface area contributed by atoms with Gasteiger partial charge in [-0.05, 0) is 48.7 Å². The van der Waals surface area contributed by atoms with Crippen LogP contribution in [0.25, 0.3) is 10.9 Å². The molecule has 1 aliphatic heterocycles. The van der Waals surface area contributed by atoms with E-state index in [0.717, 1.165) is 36.7 Å². The molecular weight excluding hydrogens is 500 g/mol. The van der Waals surface area contributed by atoms with Gasteiger partial charge in [-0.15, -0.1) is 0 Å². The summed E-state index contributed by atoms with van der Waals surface area (Å²) in [6.07, 6.45) is -7.49. The predicted molar refractivity (Wildman–Crippen MR) is 124 cm³/mol. The van der Waals surface area contributed by atoms with Gasteiger partial charge in [0.25, 0.3) is 0 Å². The zero-order valence-corrected chi connectivity index (χ0v) is 19.9. The molecule has 1 unspecified atom stereocenters. The summed E-state index contributed by atoms with van der Waals surface area (Å²) in [6, 6.07) is 10.5. The van der Waals surface area contributed by atoms with Crippen LogP contribution in [0.4, 0.5) is 31.1 Å². The Balaban J connectivity index is 1.82. The molecule has 0 aliphatic carbocycles. The Bertz CT molecular complexity index is 1220. The van der Waals surface area contributed by atoms with E-state index in [-0.39, 0.29) is 11.6 Å². The van der Waals surface area contributed by atoms with Crippen molar-refractivity contribution in [1.29, 1.82) is 0 Å². The van der Waals surface area contributed by atoms with Gasteiger partial charge in [-0.2, -0.15) is 26.3 Å². The molecule has 0 radical (unpaired) electrons. The number of aromatic nitrogens is 1. The maximum atomic E-state index is 13.5. The number of likely N-dealkylation sites (tertiary alicyclic amines) is 1. The Hall–Kier alpha value is -3.34. The Kier molecular flexibility index (Phi) is 7.63. The van der Waals surface area contributed by atoms with Gasteiger partial charge in [0.2, 0.25) is 0 Å². The lowest BCUT2D eigenvalue weighted by atomic mass is 10.0. The second kappa shape index (κ2) is 10.6. The number of hydrogen-bond donors (Lipinski definition) is 0. The number of rotatable bonds is 5. The van der Waals surface area contributed by atoms with Crippen molar-refractivity contribution in [3.8, 4) is 0 Å². The summed E-state index contributed by atoms with van der Waals surface area (Å²) in [7, 11) is 1.12. The van der Waals surface area contributed by atoms with Crippen LogP contribution in [0.1, 0.15) is 47.7 Å². The molecule has 1 aliphatic rings. The topological polar surface area (TPSA) is 45.7 Å². The number of methoxy groups -OCH3 is 1. The van der Waals surface area contributed by atoms with E-state index in [2.05, 4.69) is 4.98 Å². The summed E-state index contributed by atoms with van der Waals surface area (Å²) >= 11 is 0. The van der Waals surface area contributed by atoms with Crippen molar-refractivity contribution in [2.75, 3.05) is 20.2 Å². The van der Waals surface area contributed by atoms with E-state index in [1.54, 1.807) is 6.20 Å². The fourth-order valence-corrected chi connectivity index (χ4v) is 4.66. The largest absolute Gasteiger partial charge is 0.453 e. The number of alkyl halides is 6. The highest BCUT2D eigenvalue weighted by molar-refractivity contribution is 5.79. The number of amides is 1. The molecule has 1 fully saturated rings. The van der Waals surface area contributed by atoms with E-state index < -0.39 is 42.3 Å². The third-order valence-electron chi connectivity index (χ3n) is 6.35. The lowest BCUT2D eigenvalue weighted by molar-refractivity contribution is -0.143. The molecule has 4 rings (SSSR count). The first-order chi connectivity index (χ1) is 17.5. The normalized spacial score (nSPS) is 16.0. The number of piperidine rings is 1. The van der Waals surface area contributed by atoms with Gasteiger partial charge in [0.15, 0.2) is 0 Å². The quantitative estimate of drug-likeness (QED) is 0.336. The Labute approximate surface area is 209 Å². The van der Waals surface area contributed by atoms with Gasteiger partial charge in [-0.3, -0.25) is 14.8 Å². The van der Waals surface area contributed by atoms with Crippen molar-refractivity contribution in [2.45, 2.75) is 44.3 Å². The summed E-state index contributed by atoms with van der Waals surface area (Å²) in [4.78, 5) is 20.6. The molecule has 1 amide bonds. The van der Waals surface area contributed by atoms with Crippen LogP contribution in [0, 0.1) is 0 Å². The number of hydrogen-bond acceptors (Lipinski definition) is 4. The van der Waals surface area contributed by atoms with Crippen LogP contribution in [0.3, 0.4) is 0 Å². The average Bonchev–Trinajstić information content (AvgIpc) is 2.87. The van der Waals surface area contributed by atoms with Gasteiger partial charge < -0.3 is 4.74 Å². The number of para-hydroxylation sites is 1. The second-order valence-electron chi connectivity index (χ2n) is 8.94. The lowest BCUT2D eigenvalue weighted by Gasteiger charge is -2.41. The molecule has 198 valence electrons. The summed E-state index contributed by atoms with van der Waals surface area (Å²) in [5, 5.41) is 0.783. The molecule has 0 spiro atoms. The monoisotopic (exact) mass is 525 g/mol. The predicted octanol–water partition coefficient (Wildman–Crippen LogP) is 7.03. The second-order valence-corrected chi connectivity index (χ2v) is 8.94. The molecule has 1 saturated heterocycles. The molecular formula is C26H25F6N3O2. The number of carbonyl (C=O) groups is 1. The Morgan fingerprint density at radius 3 is 2.19 bits per heavy atom. The average molecular weight is 525 g/mol. The summed E-state index contributed by atoms with van der Waals surface area (Å²) in [6.45, 7) is 0.635. The molecule has 1 atom stereocenters. The number of pyridine rings is 1. The maximum Gasteiger partial charge on any atom is 0.416 e. The summed E-state index contributed by atoms with van der Waals surface area (Å²) in [5.74, 6) is 0. The minimum atomic E-state index is -5.00. The first-order valence-corrected chi connectivity index (χ1v) is 11.7. The van der Waals surface area contributed by atoms with Crippen molar-refractivity contribution < 1.29 is 35.9 Å². The van der Waals surface area contributed by atoms with Crippen LogP contribution in [0.5, 0.6) is 0 Å². The van der Waals surface area contributed by atoms with E-state index >= 15 is 0 Å². The summed E-state index contributed by atoms with van der Waals surface area (Å²) < 4.78 is 85.8. The van der Waals surface area contributed by atoms with E-state index in [0.29, 0.717) is 36.3 Å². The van der Waals surface area contributed by atoms with Crippen LogP contribution >= 0.6 is 0 Å². The number of fused-ring (bicyclic) bond motifs is 1. The number of ether oxygens (including phenoxy) is 1. The van der Waals surface area contributed by atoms with Crippen LogP contribution in [-0.2, 0) is 23.6 Å². The molecule has 11 heteroatoms. The molecule has 3 aromatic rings. The zero-order valence-electron chi connectivity index (χ0n) is 19.9. The molecule has 0 bridgehead atoms. The maximum absolute atomic E-state index is 13.5. The standard InChI is InChI=1S/C26H25F6N3O2/c1-37-24(36)35(16-17-11-20(25(27,28)29)14-21(12-17)26(30,31)32)23(34-9-5-2-6-10-34)19-13-18-7-3-4-8-22(18)33-15-19/h3-4,7-8,11-15,23H,2,5-6,9-10,16H2,1H3. The molecule has 0 N–H and O–H groups in total. The third kappa shape index (κ3) is 6.15. The SMILES string of the molecule is COC(=O)N(Cc1cc(C(F)(F)F)cc(C(F)(F)F)c1)C(c1cnc2ccccc2c1)N1CCCCC1. The van der Waals surface area contributed by atoms with Crippen molar-refractivity contribution in [3.63, 3.8) is 0 Å². The van der Waals surface area contributed by atoms with E-state index in [9.17, 15) is 31.1 Å². The van der Waals surface area contributed by atoms with Crippen molar-refractivity contribution in [2.24, 2.45) is 0 Å². The molecule has 1 aromatic heterocycles. The fraction of sp³-hybridized carbons (Fsp3) is 0.385. The zero-order chi connectivity index (χ0) is 26.8. The number of nitrogens with zero attached hydrogens (tertiary/aromatic N) is 3. The van der Waals surface area contributed by atoms with E-state index in [1.165, 1.54) is 0 Å². The van der Waals surface area contributed by atoms with Gasteiger partial charge in [0.1, 0.15) is 6.17 Å². The van der Waals surface area contributed by atoms with Crippen molar-refractivity contribution >= 4 is 17.0 Å². The highest BCUT2D eigenvalue weighted by Gasteiger charge is 2.38. The lowest BCUT2D eigenvalue weighted by Crippen LogP contribution is -2.46. The van der Waals surface area contributed by atoms with Gasteiger partial charge in [-0.1, -0.05) is 24.6 Å². The number of halogens is 6. The van der Waals surface area contributed by atoms with E-state index in [4.69, 9.17) is 4.74 Å². The first-order valence-electron chi connectivity index (χ1n) is 11.7. The highest BCUT2D eigenvalue weighted by Crippen LogP contribution is 2.38. The molecule has 37 heavy (non-hydrogen) atoms. The first kappa shape index (κ1) is 26.7. The van der Waals surface area contributed by atoms with Gasteiger partial charge in [0.05, 0.1) is 30.3 Å². The number of benzene rings is 2. The number of carbonyl (C=O) groups excluding carboxylic acids is 1. The van der Waals surface area contributed by atoms with Crippen LogP contribution in [0.2, 0.25) is 0 Å². The van der Waals surface area contributed by atoms with Gasteiger partial charge in [-0.25, -0.2) is 4.79 Å². The third-order valence-corrected chi connectivity index (χ3v) is 6.35.